The van der Waals surface area contributed by atoms with Gasteiger partial charge in [0.25, 0.3) is 0 Å². The molecule has 0 unspecified atom stereocenters. The lowest BCUT2D eigenvalue weighted by molar-refractivity contribution is 0.356. The van der Waals surface area contributed by atoms with Gasteiger partial charge in [-0.15, -0.1) is 11.8 Å². The Hall–Kier alpha value is -1.21. The molecular weight excluding hydrogens is 244 g/mol. The van der Waals surface area contributed by atoms with Crippen molar-refractivity contribution in [3.63, 3.8) is 0 Å². The summed E-state index contributed by atoms with van der Waals surface area (Å²) < 4.78 is 0. The second kappa shape index (κ2) is 6.10. The number of nitriles is 1. The highest BCUT2D eigenvalue weighted by Gasteiger charge is 2.17. The summed E-state index contributed by atoms with van der Waals surface area (Å²) in [7, 11) is 0. The summed E-state index contributed by atoms with van der Waals surface area (Å²) in [5.74, 6) is 0.641. The maximum atomic E-state index is 11.6. The predicted molar refractivity (Wildman–Crippen MR) is 73.8 cm³/mol. The van der Waals surface area contributed by atoms with Crippen LogP contribution in [0.3, 0.4) is 0 Å². The second-order valence-corrected chi connectivity index (χ2v) is 5.70. The van der Waals surface area contributed by atoms with Gasteiger partial charge in [-0.25, -0.2) is 0 Å². The Balaban J connectivity index is 2.28. The first-order valence-corrected chi connectivity index (χ1v) is 7.67. The van der Waals surface area contributed by atoms with Crippen LogP contribution in [0.15, 0.2) is 15.9 Å². The van der Waals surface area contributed by atoms with Gasteiger partial charge in [0, 0.05) is 6.07 Å². The van der Waals surface area contributed by atoms with Crippen LogP contribution >= 0.6 is 11.8 Å². The number of H-pyrrole nitrogens is 1. The van der Waals surface area contributed by atoms with E-state index >= 15 is 0 Å². The topological polar surface area (TPSA) is 56.6 Å². The first-order valence-electron chi connectivity index (χ1n) is 6.45. The molecule has 0 saturated heterocycles. The molecule has 2 rings (SSSR count). The number of aromatic amines is 1. The van der Waals surface area contributed by atoms with E-state index in [2.05, 4.69) is 11.1 Å². The fourth-order valence-corrected chi connectivity index (χ4v) is 3.31. The number of pyridine rings is 1. The third-order valence-corrected chi connectivity index (χ3v) is 4.35. The van der Waals surface area contributed by atoms with Crippen LogP contribution in [0.5, 0.6) is 0 Å². The zero-order valence-electron chi connectivity index (χ0n) is 10.7. The lowest BCUT2D eigenvalue weighted by atomic mass is 9.84. The standard InChI is InChI=1S/C14H18N2OS/c1-18-14-12(9-15)11(8-13(17)16-14)7-10-5-3-2-4-6-10/h8,10H,2-7H2,1H3,(H,16,17). The molecule has 1 aliphatic rings. The zero-order valence-corrected chi connectivity index (χ0v) is 11.5. The number of nitrogens with one attached hydrogen (secondary N) is 1. The Morgan fingerprint density at radius 2 is 2.17 bits per heavy atom. The van der Waals surface area contributed by atoms with Crippen molar-refractivity contribution in [2.24, 2.45) is 5.92 Å². The summed E-state index contributed by atoms with van der Waals surface area (Å²) in [5.41, 5.74) is 1.49. The number of thioether (sulfide) groups is 1. The lowest BCUT2D eigenvalue weighted by Gasteiger charge is -2.22. The van der Waals surface area contributed by atoms with E-state index in [1.165, 1.54) is 43.9 Å². The van der Waals surface area contributed by atoms with Gasteiger partial charge in [0.2, 0.25) is 5.56 Å². The van der Waals surface area contributed by atoms with Crippen molar-refractivity contribution in [2.75, 3.05) is 6.26 Å². The maximum absolute atomic E-state index is 11.6. The van der Waals surface area contributed by atoms with Gasteiger partial charge in [-0.3, -0.25) is 4.79 Å². The molecule has 96 valence electrons. The van der Waals surface area contributed by atoms with E-state index in [-0.39, 0.29) is 5.56 Å². The molecular formula is C14H18N2OS. The Morgan fingerprint density at radius 3 is 2.78 bits per heavy atom. The van der Waals surface area contributed by atoms with E-state index in [0.29, 0.717) is 16.5 Å². The summed E-state index contributed by atoms with van der Waals surface area (Å²) in [5, 5.41) is 9.97. The molecule has 3 nitrogen and oxygen atoms in total. The third kappa shape index (κ3) is 2.97. The molecule has 0 aromatic carbocycles. The first-order chi connectivity index (χ1) is 8.74. The molecule has 4 heteroatoms. The molecule has 0 radical (unpaired) electrons. The molecule has 0 bridgehead atoms. The van der Waals surface area contributed by atoms with Gasteiger partial charge in [0.1, 0.15) is 6.07 Å². The van der Waals surface area contributed by atoms with Gasteiger partial charge >= 0.3 is 0 Å². The van der Waals surface area contributed by atoms with Crippen LogP contribution < -0.4 is 5.56 Å². The van der Waals surface area contributed by atoms with E-state index in [4.69, 9.17) is 0 Å². The quantitative estimate of drug-likeness (QED) is 0.852. The Labute approximate surface area is 112 Å². The summed E-state index contributed by atoms with van der Waals surface area (Å²) in [4.78, 5) is 14.3. The number of nitrogens with zero attached hydrogens (tertiary/aromatic N) is 1. The third-order valence-electron chi connectivity index (χ3n) is 3.64. The zero-order chi connectivity index (χ0) is 13.0. The Morgan fingerprint density at radius 1 is 1.44 bits per heavy atom. The molecule has 0 amide bonds. The van der Waals surface area contributed by atoms with Crippen LogP contribution in [0.1, 0.15) is 43.2 Å². The second-order valence-electron chi connectivity index (χ2n) is 4.89. The highest BCUT2D eigenvalue weighted by molar-refractivity contribution is 7.98. The smallest absolute Gasteiger partial charge is 0.249 e. The van der Waals surface area contributed by atoms with Crippen LogP contribution in [0.25, 0.3) is 0 Å². The summed E-state index contributed by atoms with van der Waals surface area (Å²) >= 11 is 1.43. The van der Waals surface area contributed by atoms with Crippen LogP contribution in [-0.4, -0.2) is 11.2 Å². The van der Waals surface area contributed by atoms with Crippen molar-refractivity contribution >= 4 is 11.8 Å². The SMILES string of the molecule is CSc1[nH]c(=O)cc(CC2CCCCC2)c1C#N. The molecule has 0 atom stereocenters. The fraction of sp³-hybridized carbons (Fsp3) is 0.571. The van der Waals surface area contributed by atoms with Crippen LogP contribution in [0.4, 0.5) is 0 Å². The van der Waals surface area contributed by atoms with E-state index in [9.17, 15) is 10.1 Å². The molecule has 1 aromatic rings. The van der Waals surface area contributed by atoms with E-state index < -0.39 is 0 Å². The van der Waals surface area contributed by atoms with Crippen LogP contribution in [-0.2, 0) is 6.42 Å². The van der Waals surface area contributed by atoms with E-state index in [1.54, 1.807) is 6.07 Å². The minimum Gasteiger partial charge on any atom is -0.316 e. The molecule has 1 heterocycles. The van der Waals surface area contributed by atoms with E-state index in [1.807, 2.05) is 6.26 Å². The fourth-order valence-electron chi connectivity index (χ4n) is 2.73. The van der Waals surface area contributed by atoms with Gasteiger partial charge in [-0.05, 0) is 24.2 Å². The average molecular weight is 262 g/mol. The van der Waals surface area contributed by atoms with Gasteiger partial charge < -0.3 is 4.98 Å². The Kier molecular flexibility index (Phi) is 4.48. The summed E-state index contributed by atoms with van der Waals surface area (Å²) in [6, 6.07) is 3.84. The van der Waals surface area contributed by atoms with Gasteiger partial charge in [-0.2, -0.15) is 5.26 Å². The molecule has 1 aliphatic carbocycles. The van der Waals surface area contributed by atoms with Crippen LogP contribution in [0, 0.1) is 17.2 Å². The first kappa shape index (κ1) is 13.2. The predicted octanol–water partition coefficient (Wildman–Crippen LogP) is 3.09. The molecule has 1 aromatic heterocycles. The largest absolute Gasteiger partial charge is 0.316 e. The van der Waals surface area contributed by atoms with Crippen molar-refractivity contribution in [1.82, 2.24) is 4.98 Å². The van der Waals surface area contributed by atoms with Gasteiger partial charge in [0.05, 0.1) is 10.6 Å². The Bertz CT molecular complexity index is 510. The molecule has 1 N–H and O–H groups in total. The van der Waals surface area contributed by atoms with E-state index in [0.717, 1.165) is 12.0 Å². The number of hydrogen-bond acceptors (Lipinski definition) is 3. The van der Waals surface area contributed by atoms with Gasteiger partial charge in [-0.1, -0.05) is 32.1 Å². The van der Waals surface area contributed by atoms with Crippen molar-refractivity contribution < 1.29 is 0 Å². The highest BCUT2D eigenvalue weighted by Crippen LogP contribution is 2.28. The molecule has 18 heavy (non-hydrogen) atoms. The minimum absolute atomic E-state index is 0.0934. The van der Waals surface area contributed by atoms with Crippen molar-refractivity contribution in [3.8, 4) is 6.07 Å². The van der Waals surface area contributed by atoms with Crippen LogP contribution in [0.2, 0.25) is 0 Å². The lowest BCUT2D eigenvalue weighted by Crippen LogP contribution is -2.15. The van der Waals surface area contributed by atoms with Crippen molar-refractivity contribution in [3.05, 3.63) is 27.5 Å². The number of rotatable bonds is 3. The average Bonchev–Trinajstić information content (AvgIpc) is 2.39. The summed E-state index contributed by atoms with van der Waals surface area (Å²) in [6.07, 6.45) is 9.11. The molecule has 1 saturated carbocycles. The minimum atomic E-state index is -0.0934. The molecule has 0 aliphatic heterocycles. The number of hydrogen-bond donors (Lipinski definition) is 1. The normalized spacial score (nSPS) is 16.4. The van der Waals surface area contributed by atoms with Crippen molar-refractivity contribution in [1.29, 1.82) is 5.26 Å². The molecule has 0 spiro atoms. The summed E-state index contributed by atoms with van der Waals surface area (Å²) in [6.45, 7) is 0. The monoisotopic (exact) mass is 262 g/mol. The number of aromatic nitrogens is 1. The van der Waals surface area contributed by atoms with Crippen molar-refractivity contribution in [2.45, 2.75) is 43.6 Å². The molecule has 1 fully saturated rings. The highest BCUT2D eigenvalue weighted by atomic mass is 32.2. The maximum Gasteiger partial charge on any atom is 0.249 e. The van der Waals surface area contributed by atoms with Gasteiger partial charge in [0.15, 0.2) is 0 Å².